The van der Waals surface area contributed by atoms with Gasteiger partial charge in [-0.1, -0.05) is 59.9 Å². The van der Waals surface area contributed by atoms with Crippen molar-refractivity contribution in [2.24, 2.45) is 4.99 Å². The van der Waals surface area contributed by atoms with Crippen LogP contribution in [0.3, 0.4) is 0 Å². The van der Waals surface area contributed by atoms with Crippen LogP contribution in [0.4, 0.5) is 4.39 Å². The number of para-hydroxylation sites is 1. The Balaban J connectivity index is 1.76. The Bertz CT molecular complexity index is 1180. The van der Waals surface area contributed by atoms with Gasteiger partial charge in [-0.25, -0.2) is 4.39 Å². The van der Waals surface area contributed by atoms with E-state index in [1.165, 1.54) is 17.4 Å². The highest BCUT2D eigenvalue weighted by atomic mass is 32.1. The van der Waals surface area contributed by atoms with Gasteiger partial charge in [0.2, 0.25) is 0 Å². The van der Waals surface area contributed by atoms with Gasteiger partial charge >= 0.3 is 0 Å². The van der Waals surface area contributed by atoms with Crippen LogP contribution < -0.4 is 4.80 Å². The number of thiazole rings is 1. The predicted octanol–water partition coefficient (Wildman–Crippen LogP) is 4.69. The predicted molar refractivity (Wildman–Crippen MR) is 104 cm³/mol. The smallest absolute Gasteiger partial charge is 0.252 e. The van der Waals surface area contributed by atoms with Crippen molar-refractivity contribution < 1.29 is 9.18 Å². The van der Waals surface area contributed by atoms with Crippen molar-refractivity contribution in [1.82, 2.24) is 4.57 Å². The zero-order chi connectivity index (χ0) is 18.1. The summed E-state index contributed by atoms with van der Waals surface area (Å²) in [4.78, 5) is 17.4. The fourth-order valence-corrected chi connectivity index (χ4v) is 4.35. The third kappa shape index (κ3) is 2.95. The summed E-state index contributed by atoms with van der Waals surface area (Å²) in [5, 5.41) is 2.16. The van der Waals surface area contributed by atoms with Crippen LogP contribution in [0.1, 0.15) is 12.5 Å². The van der Waals surface area contributed by atoms with E-state index in [-0.39, 0.29) is 18.1 Å². The molecule has 0 aliphatic carbocycles. The van der Waals surface area contributed by atoms with Gasteiger partial charge in [-0.15, -0.1) is 0 Å². The Morgan fingerprint density at radius 2 is 1.85 bits per heavy atom. The largest absolute Gasteiger partial charge is 0.314 e. The number of benzene rings is 3. The lowest BCUT2D eigenvalue weighted by Crippen LogP contribution is -2.17. The highest BCUT2D eigenvalue weighted by molar-refractivity contribution is 7.16. The van der Waals surface area contributed by atoms with Crippen molar-refractivity contribution in [2.75, 3.05) is 0 Å². The Morgan fingerprint density at radius 3 is 2.69 bits per heavy atom. The van der Waals surface area contributed by atoms with Gasteiger partial charge in [-0.05, 0) is 35.4 Å². The van der Waals surface area contributed by atoms with Crippen LogP contribution in [0.2, 0.25) is 0 Å². The van der Waals surface area contributed by atoms with Crippen molar-refractivity contribution in [3.8, 4) is 0 Å². The Morgan fingerprint density at radius 1 is 1.08 bits per heavy atom. The Labute approximate surface area is 154 Å². The number of hydrogen-bond acceptors (Lipinski definition) is 2. The van der Waals surface area contributed by atoms with E-state index in [1.807, 2.05) is 55.5 Å². The SMILES string of the molecule is CCn1c(=NC(=O)Cc2cccc3ccccc23)sc2cccc(F)c21. The zero-order valence-corrected chi connectivity index (χ0v) is 15.1. The molecule has 1 heterocycles. The molecular formula is C21H17FN2OS. The number of aryl methyl sites for hydroxylation is 1. The molecule has 0 radical (unpaired) electrons. The lowest BCUT2D eigenvalue weighted by Gasteiger charge is -2.04. The molecule has 4 rings (SSSR count). The van der Waals surface area contributed by atoms with Gasteiger partial charge in [0.25, 0.3) is 5.91 Å². The number of carbonyl (C=O) groups is 1. The highest BCUT2D eigenvalue weighted by Gasteiger charge is 2.11. The molecule has 0 N–H and O–H groups in total. The second-order valence-electron chi connectivity index (χ2n) is 6.04. The lowest BCUT2D eigenvalue weighted by molar-refractivity contribution is -0.117. The van der Waals surface area contributed by atoms with Gasteiger partial charge in [0.15, 0.2) is 4.80 Å². The molecule has 3 nitrogen and oxygen atoms in total. The summed E-state index contributed by atoms with van der Waals surface area (Å²) >= 11 is 1.34. The first-order chi connectivity index (χ1) is 12.7. The molecule has 1 aromatic heterocycles. The quantitative estimate of drug-likeness (QED) is 0.519. The van der Waals surface area contributed by atoms with Crippen LogP contribution in [0.25, 0.3) is 21.0 Å². The van der Waals surface area contributed by atoms with E-state index >= 15 is 0 Å². The van der Waals surface area contributed by atoms with Crippen molar-refractivity contribution >= 4 is 38.2 Å². The summed E-state index contributed by atoms with van der Waals surface area (Å²) in [6, 6.07) is 18.9. The van der Waals surface area contributed by atoms with E-state index in [2.05, 4.69) is 4.99 Å². The summed E-state index contributed by atoms with van der Waals surface area (Å²) in [5.74, 6) is -0.515. The molecule has 0 aliphatic rings. The molecule has 0 saturated heterocycles. The third-order valence-corrected chi connectivity index (χ3v) is 5.45. The van der Waals surface area contributed by atoms with Gasteiger partial charge in [-0.3, -0.25) is 4.79 Å². The van der Waals surface area contributed by atoms with E-state index in [0.717, 1.165) is 21.0 Å². The first kappa shape index (κ1) is 16.7. The summed E-state index contributed by atoms with van der Waals surface area (Å²) in [7, 11) is 0. The molecule has 4 aromatic rings. The number of amides is 1. The minimum atomic E-state index is -0.288. The fourth-order valence-electron chi connectivity index (χ4n) is 3.22. The van der Waals surface area contributed by atoms with E-state index in [9.17, 15) is 9.18 Å². The Kier molecular flexibility index (Phi) is 4.39. The van der Waals surface area contributed by atoms with Crippen molar-refractivity contribution in [3.63, 3.8) is 0 Å². The van der Waals surface area contributed by atoms with Crippen molar-refractivity contribution in [2.45, 2.75) is 19.9 Å². The normalized spacial score (nSPS) is 12.2. The fraction of sp³-hybridized carbons (Fsp3) is 0.143. The monoisotopic (exact) mass is 364 g/mol. The molecule has 0 bridgehead atoms. The van der Waals surface area contributed by atoms with Crippen LogP contribution in [0.15, 0.2) is 65.7 Å². The Hall–Kier alpha value is -2.79. The second kappa shape index (κ2) is 6.84. The van der Waals surface area contributed by atoms with Gasteiger partial charge in [-0.2, -0.15) is 4.99 Å². The van der Waals surface area contributed by atoms with E-state index in [0.29, 0.717) is 16.9 Å². The second-order valence-corrected chi connectivity index (χ2v) is 7.05. The molecule has 0 spiro atoms. The lowest BCUT2D eigenvalue weighted by atomic mass is 10.0. The molecule has 0 unspecified atom stereocenters. The topological polar surface area (TPSA) is 34.4 Å². The molecule has 3 aromatic carbocycles. The van der Waals surface area contributed by atoms with Crippen LogP contribution >= 0.6 is 11.3 Å². The molecule has 1 amide bonds. The maximum absolute atomic E-state index is 14.2. The number of fused-ring (bicyclic) bond motifs is 2. The number of carbonyl (C=O) groups excluding carboxylic acids is 1. The van der Waals surface area contributed by atoms with Crippen molar-refractivity contribution in [1.29, 1.82) is 0 Å². The molecule has 0 atom stereocenters. The molecule has 26 heavy (non-hydrogen) atoms. The summed E-state index contributed by atoms with van der Waals surface area (Å²) in [6.07, 6.45) is 0.224. The summed E-state index contributed by atoms with van der Waals surface area (Å²) in [5.41, 5.74) is 1.46. The minimum absolute atomic E-state index is 0.224. The van der Waals surface area contributed by atoms with Gasteiger partial charge in [0, 0.05) is 6.54 Å². The number of aromatic nitrogens is 1. The van der Waals surface area contributed by atoms with Crippen LogP contribution in [0.5, 0.6) is 0 Å². The minimum Gasteiger partial charge on any atom is -0.314 e. The molecule has 5 heteroatoms. The zero-order valence-electron chi connectivity index (χ0n) is 14.3. The van der Waals surface area contributed by atoms with Crippen molar-refractivity contribution in [3.05, 3.63) is 76.8 Å². The van der Waals surface area contributed by atoms with Crippen LogP contribution in [0, 0.1) is 5.82 Å². The molecule has 130 valence electrons. The van der Waals surface area contributed by atoms with Gasteiger partial charge < -0.3 is 4.57 Å². The van der Waals surface area contributed by atoms with E-state index in [1.54, 1.807) is 10.6 Å². The number of rotatable bonds is 3. The standard InChI is InChI=1S/C21H17FN2OS/c1-2-24-20-17(22)11-6-12-18(20)26-21(24)23-19(25)13-15-9-5-8-14-7-3-4-10-16(14)15/h3-12H,2,13H2,1H3. The van der Waals surface area contributed by atoms with E-state index in [4.69, 9.17) is 0 Å². The first-order valence-electron chi connectivity index (χ1n) is 8.49. The first-order valence-corrected chi connectivity index (χ1v) is 9.31. The van der Waals surface area contributed by atoms with Gasteiger partial charge in [0.1, 0.15) is 5.82 Å². The number of halogens is 1. The molecular weight excluding hydrogens is 347 g/mol. The maximum atomic E-state index is 14.2. The summed E-state index contributed by atoms with van der Waals surface area (Å²) < 4.78 is 16.7. The third-order valence-electron chi connectivity index (χ3n) is 4.41. The average Bonchev–Trinajstić information content (AvgIpc) is 3.00. The molecule has 0 aliphatic heterocycles. The van der Waals surface area contributed by atoms with E-state index < -0.39 is 0 Å². The average molecular weight is 364 g/mol. The molecule has 0 saturated carbocycles. The summed E-state index contributed by atoms with van der Waals surface area (Å²) in [6.45, 7) is 2.48. The van der Waals surface area contributed by atoms with Crippen LogP contribution in [-0.2, 0) is 17.8 Å². The molecule has 0 fully saturated rings. The number of nitrogens with zero attached hydrogens (tertiary/aromatic N) is 2. The van der Waals surface area contributed by atoms with Gasteiger partial charge in [0.05, 0.1) is 16.6 Å². The maximum Gasteiger partial charge on any atom is 0.252 e. The highest BCUT2D eigenvalue weighted by Crippen LogP contribution is 2.21. The number of hydrogen-bond donors (Lipinski definition) is 0. The van der Waals surface area contributed by atoms with Crippen LogP contribution in [-0.4, -0.2) is 10.5 Å².